The van der Waals surface area contributed by atoms with Gasteiger partial charge in [0.2, 0.25) is 0 Å². The first-order valence-corrected chi connectivity index (χ1v) is 11.0. The Kier molecular flexibility index (Phi) is 7.07. The van der Waals surface area contributed by atoms with Gasteiger partial charge in [0.05, 0.1) is 11.1 Å². The van der Waals surface area contributed by atoms with Crippen LogP contribution in [0.3, 0.4) is 0 Å². The number of pyridine rings is 1. The number of benzene rings is 3. The molecule has 0 bridgehead atoms. The van der Waals surface area contributed by atoms with Gasteiger partial charge in [0, 0.05) is 37.5 Å². The van der Waals surface area contributed by atoms with Gasteiger partial charge in [-0.1, -0.05) is 12.1 Å². The molecule has 1 aromatic heterocycles. The number of aromatic nitrogens is 1. The van der Waals surface area contributed by atoms with E-state index in [9.17, 15) is 14.7 Å². The largest absolute Gasteiger partial charge is 0.508 e. The van der Waals surface area contributed by atoms with Crippen molar-refractivity contribution in [2.24, 2.45) is 0 Å². The highest BCUT2D eigenvalue weighted by Crippen LogP contribution is 2.20. The van der Waals surface area contributed by atoms with Gasteiger partial charge in [-0.3, -0.25) is 0 Å². The summed E-state index contributed by atoms with van der Waals surface area (Å²) < 4.78 is 12.8. The van der Waals surface area contributed by atoms with Crippen LogP contribution in [0.4, 0.5) is 5.69 Å². The third-order valence-electron chi connectivity index (χ3n) is 5.29. The molecule has 0 amide bonds. The summed E-state index contributed by atoms with van der Waals surface area (Å²) >= 11 is 0. The van der Waals surface area contributed by atoms with E-state index in [4.69, 9.17) is 9.47 Å². The molecule has 0 radical (unpaired) electrons. The molecule has 0 aliphatic heterocycles. The second kappa shape index (κ2) is 10.5. The monoisotopic (exact) mass is 469 g/mol. The lowest BCUT2D eigenvalue weighted by Crippen LogP contribution is -2.33. The number of phenolic OH excluding ortho intramolecular Hbond substituents is 1. The van der Waals surface area contributed by atoms with E-state index < -0.39 is 11.9 Å². The molecule has 0 unspecified atom stereocenters. The van der Waals surface area contributed by atoms with Gasteiger partial charge < -0.3 is 19.5 Å². The van der Waals surface area contributed by atoms with E-state index in [0.29, 0.717) is 29.2 Å². The van der Waals surface area contributed by atoms with Crippen LogP contribution in [0.15, 0.2) is 97.3 Å². The number of esters is 2. The highest BCUT2D eigenvalue weighted by Gasteiger charge is 2.12. The summed E-state index contributed by atoms with van der Waals surface area (Å²) in [5, 5.41) is 9.31. The van der Waals surface area contributed by atoms with Crippen LogP contribution in [-0.2, 0) is 6.54 Å². The summed E-state index contributed by atoms with van der Waals surface area (Å²) in [7, 11) is 4.00. The van der Waals surface area contributed by atoms with Crippen molar-refractivity contribution in [3.63, 3.8) is 0 Å². The molecule has 0 spiro atoms. The van der Waals surface area contributed by atoms with E-state index in [1.54, 1.807) is 36.4 Å². The molecular weight excluding hydrogens is 444 g/mol. The molecule has 4 rings (SSSR count). The van der Waals surface area contributed by atoms with Gasteiger partial charge in [0.25, 0.3) is 0 Å². The molecule has 7 nitrogen and oxygen atoms in total. The summed E-state index contributed by atoms with van der Waals surface area (Å²) in [5.41, 5.74) is 2.93. The van der Waals surface area contributed by atoms with Crippen molar-refractivity contribution in [3.05, 3.63) is 114 Å². The Morgan fingerprint density at radius 3 is 1.63 bits per heavy atom. The number of aromatic hydroxyl groups is 1. The quantitative estimate of drug-likeness (QED) is 0.248. The van der Waals surface area contributed by atoms with E-state index in [2.05, 4.69) is 4.57 Å². The van der Waals surface area contributed by atoms with Crippen LogP contribution < -0.4 is 18.9 Å². The Hall–Kier alpha value is -4.65. The lowest BCUT2D eigenvalue weighted by Gasteiger charge is -2.10. The molecule has 3 aromatic carbocycles. The van der Waals surface area contributed by atoms with Crippen LogP contribution in [0.2, 0.25) is 0 Å². The molecule has 4 aromatic rings. The number of nitrogens with zero attached hydrogens (tertiary/aromatic N) is 2. The number of hydrogen-bond acceptors (Lipinski definition) is 6. The van der Waals surface area contributed by atoms with Crippen LogP contribution in [0.1, 0.15) is 26.3 Å². The Balaban J connectivity index is 1.32. The van der Waals surface area contributed by atoms with E-state index in [1.807, 2.05) is 55.7 Å². The minimum Gasteiger partial charge on any atom is -0.508 e. The van der Waals surface area contributed by atoms with Gasteiger partial charge in [0.1, 0.15) is 17.2 Å². The molecule has 176 valence electrons. The fourth-order valence-electron chi connectivity index (χ4n) is 3.32. The Morgan fingerprint density at radius 1 is 0.714 bits per heavy atom. The fourth-order valence-corrected chi connectivity index (χ4v) is 3.32. The Bertz CT molecular complexity index is 1300. The SMILES string of the molecule is CN(C)c1cc[n+](Cc2ccc(C(=O)Oc3ccc(OC(=O)c4ccc(O)cc4)cc3)cc2)cc1. The molecule has 0 saturated heterocycles. The second-order valence-electron chi connectivity index (χ2n) is 8.12. The maximum atomic E-state index is 12.5. The zero-order chi connectivity index (χ0) is 24.8. The fraction of sp³-hybridized carbons (Fsp3) is 0.107. The molecule has 7 heteroatoms. The first kappa shape index (κ1) is 23.5. The van der Waals surface area contributed by atoms with Gasteiger partial charge in [-0.25, -0.2) is 14.2 Å². The third-order valence-corrected chi connectivity index (χ3v) is 5.29. The van der Waals surface area contributed by atoms with Crippen molar-refractivity contribution < 1.29 is 28.7 Å². The first-order chi connectivity index (χ1) is 16.9. The summed E-state index contributed by atoms with van der Waals surface area (Å²) in [5.74, 6) is -0.324. The number of phenols is 1. The molecule has 0 atom stereocenters. The Labute approximate surface area is 203 Å². The summed E-state index contributed by atoms with van der Waals surface area (Å²) in [4.78, 5) is 26.7. The average Bonchev–Trinajstić information content (AvgIpc) is 2.86. The Morgan fingerprint density at radius 2 is 1.17 bits per heavy atom. The first-order valence-electron chi connectivity index (χ1n) is 11.0. The molecular formula is C28H25N2O5+. The molecule has 1 N–H and O–H groups in total. The second-order valence-corrected chi connectivity index (χ2v) is 8.12. The van der Waals surface area contributed by atoms with E-state index in [0.717, 1.165) is 11.3 Å². The van der Waals surface area contributed by atoms with Crippen LogP contribution in [0.5, 0.6) is 17.2 Å². The van der Waals surface area contributed by atoms with Crippen molar-refractivity contribution in [1.82, 2.24) is 0 Å². The predicted octanol–water partition coefficient (Wildman–Crippen LogP) is 4.23. The topological polar surface area (TPSA) is 80.0 Å². The minimum atomic E-state index is -0.554. The van der Waals surface area contributed by atoms with Gasteiger partial charge in [-0.2, -0.15) is 0 Å². The smallest absolute Gasteiger partial charge is 0.343 e. The maximum Gasteiger partial charge on any atom is 0.343 e. The molecule has 1 heterocycles. The average molecular weight is 470 g/mol. The van der Waals surface area contributed by atoms with Crippen LogP contribution in [0, 0.1) is 0 Å². The lowest BCUT2D eigenvalue weighted by molar-refractivity contribution is -0.688. The number of carbonyl (C=O) groups excluding carboxylic acids is 2. The van der Waals surface area contributed by atoms with Crippen LogP contribution >= 0.6 is 0 Å². The van der Waals surface area contributed by atoms with Crippen molar-refractivity contribution in [3.8, 4) is 17.2 Å². The van der Waals surface area contributed by atoms with E-state index in [1.165, 1.54) is 24.3 Å². The van der Waals surface area contributed by atoms with Gasteiger partial charge in [0.15, 0.2) is 18.9 Å². The van der Waals surface area contributed by atoms with Gasteiger partial charge >= 0.3 is 11.9 Å². The molecule has 0 fully saturated rings. The van der Waals surface area contributed by atoms with Crippen molar-refractivity contribution in [2.45, 2.75) is 6.54 Å². The summed E-state index contributed by atoms with van der Waals surface area (Å²) in [6.45, 7) is 0.688. The highest BCUT2D eigenvalue weighted by atomic mass is 16.5. The lowest BCUT2D eigenvalue weighted by atomic mass is 10.1. The van der Waals surface area contributed by atoms with Gasteiger partial charge in [-0.15, -0.1) is 0 Å². The standard InChI is InChI=1S/C28H24N2O5/c1-29(2)23-15-17-30(18-16-23)19-20-3-5-21(6-4-20)27(32)34-25-11-13-26(14-12-25)35-28(33)22-7-9-24(31)10-8-22/h3-18H,19H2,1-2H3/p+1. The summed E-state index contributed by atoms with van der Waals surface area (Å²) in [6, 6.07) is 23.3. The zero-order valence-electron chi connectivity index (χ0n) is 19.4. The molecule has 0 aliphatic rings. The zero-order valence-corrected chi connectivity index (χ0v) is 19.4. The van der Waals surface area contributed by atoms with Crippen molar-refractivity contribution in [2.75, 3.05) is 19.0 Å². The number of carbonyl (C=O) groups is 2. The van der Waals surface area contributed by atoms with Gasteiger partial charge in [-0.05, 0) is 60.7 Å². The minimum absolute atomic E-state index is 0.0659. The molecule has 0 aliphatic carbocycles. The summed E-state index contributed by atoms with van der Waals surface area (Å²) in [6.07, 6.45) is 4.03. The number of ether oxygens (including phenoxy) is 2. The number of rotatable bonds is 7. The number of hydrogen-bond donors (Lipinski definition) is 1. The van der Waals surface area contributed by atoms with Crippen LogP contribution in [-0.4, -0.2) is 31.1 Å². The molecule has 0 saturated carbocycles. The van der Waals surface area contributed by atoms with Crippen molar-refractivity contribution >= 4 is 17.6 Å². The van der Waals surface area contributed by atoms with Crippen molar-refractivity contribution in [1.29, 1.82) is 0 Å². The molecule has 35 heavy (non-hydrogen) atoms. The normalized spacial score (nSPS) is 10.5. The maximum absolute atomic E-state index is 12.5. The number of anilines is 1. The van der Waals surface area contributed by atoms with E-state index in [-0.39, 0.29) is 5.75 Å². The van der Waals surface area contributed by atoms with E-state index >= 15 is 0 Å². The third kappa shape index (κ3) is 6.23. The predicted molar refractivity (Wildman–Crippen MR) is 131 cm³/mol. The highest BCUT2D eigenvalue weighted by molar-refractivity contribution is 5.92. The van der Waals surface area contributed by atoms with Crippen LogP contribution in [0.25, 0.3) is 0 Å².